The van der Waals surface area contributed by atoms with Crippen LogP contribution in [0.4, 0.5) is 0 Å². The van der Waals surface area contributed by atoms with Crippen LogP contribution in [0.15, 0.2) is 0 Å². The van der Waals surface area contributed by atoms with Crippen molar-refractivity contribution in [2.45, 2.75) is 359 Å². The van der Waals surface area contributed by atoms with Crippen LogP contribution in [-0.4, -0.2) is 53.0 Å². The Bertz CT molecular complexity index is 895. The van der Waals surface area contributed by atoms with Gasteiger partial charge in [0.1, 0.15) is 6.10 Å². The number of ether oxygens (including phenoxy) is 2. The molecule has 0 spiro atoms. The van der Waals surface area contributed by atoms with Gasteiger partial charge in [-0.25, -0.2) is 4.79 Å². The minimum absolute atomic E-state index is 0.0878. The fraction of sp³-hybridized carbons (Fsp3) is 0.983. The molecule has 5 nitrogen and oxygen atoms in total. The Labute approximate surface area is 419 Å². The lowest BCUT2D eigenvalue weighted by atomic mass is 9.88. The SMILES string of the molecule is CCCCCCCCCCCCCCCCCCOC(=O)C(OCC(O)CO)C(S)(CCCCCCCCCCCCCCCCCC)CCCCCCCCCCCCCCCCCC. The number of unbranched alkanes of at least 4 members (excludes halogenated alkanes) is 45. The Morgan fingerprint density at radius 1 is 0.394 bits per heavy atom. The summed E-state index contributed by atoms with van der Waals surface area (Å²) in [6.07, 6.45) is 63.3. The highest BCUT2D eigenvalue weighted by Crippen LogP contribution is 2.36. The maximum Gasteiger partial charge on any atom is 0.336 e. The fourth-order valence-electron chi connectivity index (χ4n) is 9.95. The highest BCUT2D eigenvalue weighted by molar-refractivity contribution is 7.82. The predicted octanol–water partition coefficient (Wildman–Crippen LogP) is 19.5. The molecule has 0 saturated carbocycles. The zero-order valence-corrected chi connectivity index (χ0v) is 46.1. The number of hydrogen-bond acceptors (Lipinski definition) is 6. The second-order valence-electron chi connectivity index (χ2n) is 21.2. The van der Waals surface area contributed by atoms with Crippen molar-refractivity contribution in [1.29, 1.82) is 0 Å². The summed E-state index contributed by atoms with van der Waals surface area (Å²) in [4.78, 5) is 13.9. The van der Waals surface area contributed by atoms with Crippen molar-refractivity contribution in [3.63, 3.8) is 0 Å². The standard InChI is InChI=1S/C60H120O5S/c1-4-7-10-13-16-19-22-25-28-31-34-37-40-43-46-49-52-60(66,53-50-47-44-41-38-35-32-29-26-23-20-17-14-11-8-5-2)58(65-56-57(62)55-61)59(63)64-54-51-48-45-42-39-36-33-30-27-24-21-18-15-12-9-6-3/h57-58,61-62,66H,4-56H2,1-3H3. The molecule has 0 heterocycles. The average molecular weight is 954 g/mol. The lowest BCUT2D eigenvalue weighted by Crippen LogP contribution is -2.47. The minimum Gasteiger partial charge on any atom is -0.464 e. The van der Waals surface area contributed by atoms with E-state index < -0.39 is 23.6 Å². The zero-order valence-electron chi connectivity index (χ0n) is 45.2. The first-order valence-electron chi connectivity index (χ1n) is 30.2. The summed E-state index contributed by atoms with van der Waals surface area (Å²) in [7, 11) is 0. The normalized spacial score (nSPS) is 12.9. The molecule has 0 bridgehead atoms. The Morgan fingerprint density at radius 3 is 0.864 bits per heavy atom. The smallest absolute Gasteiger partial charge is 0.336 e. The highest BCUT2D eigenvalue weighted by atomic mass is 32.1. The molecule has 0 radical (unpaired) electrons. The minimum atomic E-state index is -1.02. The van der Waals surface area contributed by atoms with E-state index in [9.17, 15) is 15.0 Å². The van der Waals surface area contributed by atoms with Gasteiger partial charge in [0, 0.05) is 4.75 Å². The van der Waals surface area contributed by atoms with Gasteiger partial charge in [-0.3, -0.25) is 0 Å². The maximum atomic E-state index is 13.9. The summed E-state index contributed by atoms with van der Waals surface area (Å²) in [6.45, 7) is 6.80. The number of carbonyl (C=O) groups is 1. The molecule has 396 valence electrons. The number of carbonyl (C=O) groups excluding carboxylic acids is 1. The topological polar surface area (TPSA) is 76.0 Å². The molecule has 0 aliphatic rings. The summed E-state index contributed by atoms with van der Waals surface area (Å²) in [5.74, 6) is -0.343. The van der Waals surface area contributed by atoms with E-state index in [1.807, 2.05) is 0 Å². The van der Waals surface area contributed by atoms with E-state index in [1.54, 1.807) is 0 Å². The van der Waals surface area contributed by atoms with Crippen LogP contribution in [0.5, 0.6) is 0 Å². The van der Waals surface area contributed by atoms with Crippen LogP contribution in [-0.2, 0) is 14.3 Å². The molecule has 0 aromatic heterocycles. The Hall–Kier alpha value is -0.300. The van der Waals surface area contributed by atoms with Crippen LogP contribution in [0.25, 0.3) is 0 Å². The average Bonchev–Trinajstić information content (AvgIpc) is 3.32. The van der Waals surface area contributed by atoms with Crippen LogP contribution in [0.2, 0.25) is 0 Å². The molecule has 2 atom stereocenters. The molecule has 0 amide bonds. The number of thiol groups is 1. The van der Waals surface area contributed by atoms with Gasteiger partial charge in [-0.15, -0.1) is 0 Å². The third kappa shape index (κ3) is 46.1. The largest absolute Gasteiger partial charge is 0.464 e. The lowest BCUT2D eigenvalue weighted by molar-refractivity contribution is -0.163. The third-order valence-corrected chi connectivity index (χ3v) is 15.2. The Kier molecular flexibility index (Phi) is 53.8. The van der Waals surface area contributed by atoms with Gasteiger partial charge < -0.3 is 19.7 Å². The molecule has 0 saturated heterocycles. The Balaban J connectivity index is 4.80. The van der Waals surface area contributed by atoms with E-state index in [1.165, 1.54) is 270 Å². The van der Waals surface area contributed by atoms with Gasteiger partial charge in [0.05, 0.1) is 19.8 Å². The molecule has 0 aromatic rings. The van der Waals surface area contributed by atoms with Gasteiger partial charge in [-0.05, 0) is 19.3 Å². The van der Waals surface area contributed by atoms with Crippen molar-refractivity contribution in [2.24, 2.45) is 0 Å². The van der Waals surface area contributed by atoms with E-state index in [0.29, 0.717) is 6.61 Å². The van der Waals surface area contributed by atoms with E-state index >= 15 is 0 Å². The van der Waals surface area contributed by atoms with Crippen LogP contribution in [0.3, 0.4) is 0 Å². The van der Waals surface area contributed by atoms with Gasteiger partial charge in [-0.2, -0.15) is 12.6 Å². The summed E-state index contributed by atoms with van der Waals surface area (Å²) in [6, 6.07) is 0. The number of rotatable bonds is 57. The van der Waals surface area contributed by atoms with Crippen molar-refractivity contribution in [3.8, 4) is 0 Å². The van der Waals surface area contributed by atoms with Crippen LogP contribution in [0, 0.1) is 0 Å². The summed E-state index contributed by atoms with van der Waals surface area (Å²) in [5.41, 5.74) is 0. The van der Waals surface area contributed by atoms with E-state index in [0.717, 1.165) is 51.4 Å². The van der Waals surface area contributed by atoms with Crippen molar-refractivity contribution < 1.29 is 24.5 Å². The molecule has 0 aliphatic carbocycles. The molecule has 0 fully saturated rings. The van der Waals surface area contributed by atoms with E-state index in [-0.39, 0.29) is 12.6 Å². The summed E-state index contributed by atoms with van der Waals surface area (Å²) >= 11 is 5.33. The van der Waals surface area contributed by atoms with E-state index in [2.05, 4.69) is 20.8 Å². The van der Waals surface area contributed by atoms with Gasteiger partial charge in [0.15, 0.2) is 6.10 Å². The van der Waals surface area contributed by atoms with Crippen molar-refractivity contribution in [3.05, 3.63) is 0 Å². The quantitative estimate of drug-likeness (QED) is 0.0322. The first-order valence-corrected chi connectivity index (χ1v) is 30.7. The van der Waals surface area contributed by atoms with Gasteiger partial charge in [0.25, 0.3) is 0 Å². The molecule has 6 heteroatoms. The summed E-state index contributed by atoms with van der Waals surface area (Å²) in [5, 5.41) is 19.9. The van der Waals surface area contributed by atoms with Gasteiger partial charge in [0.2, 0.25) is 0 Å². The highest BCUT2D eigenvalue weighted by Gasteiger charge is 2.42. The van der Waals surface area contributed by atoms with E-state index in [4.69, 9.17) is 22.1 Å². The molecule has 0 aromatic carbocycles. The predicted molar refractivity (Wildman–Crippen MR) is 293 cm³/mol. The molecule has 2 N–H and O–H groups in total. The van der Waals surface area contributed by atoms with Gasteiger partial charge >= 0.3 is 5.97 Å². The molecular formula is C60H120O5S. The van der Waals surface area contributed by atoms with Crippen molar-refractivity contribution >= 4 is 18.6 Å². The number of esters is 1. The number of aliphatic hydroxyl groups excluding tert-OH is 2. The zero-order chi connectivity index (χ0) is 48.1. The second kappa shape index (κ2) is 54.0. The van der Waals surface area contributed by atoms with Crippen molar-refractivity contribution in [2.75, 3.05) is 19.8 Å². The first kappa shape index (κ1) is 65.7. The van der Waals surface area contributed by atoms with Crippen LogP contribution in [0.1, 0.15) is 342 Å². The van der Waals surface area contributed by atoms with Gasteiger partial charge in [-0.1, -0.05) is 323 Å². The Morgan fingerprint density at radius 2 is 0.621 bits per heavy atom. The van der Waals surface area contributed by atoms with Crippen LogP contribution < -0.4 is 0 Å². The van der Waals surface area contributed by atoms with Crippen molar-refractivity contribution in [1.82, 2.24) is 0 Å². The first-order chi connectivity index (χ1) is 32.4. The monoisotopic (exact) mass is 953 g/mol. The third-order valence-electron chi connectivity index (χ3n) is 14.5. The molecule has 0 rings (SSSR count). The molecule has 0 aliphatic heterocycles. The number of aliphatic hydroxyl groups is 2. The molecular weight excluding hydrogens is 833 g/mol. The molecule has 2 unspecified atom stereocenters. The second-order valence-corrected chi connectivity index (χ2v) is 22.1. The fourth-order valence-corrected chi connectivity index (χ4v) is 10.4. The lowest BCUT2D eigenvalue weighted by Gasteiger charge is -2.36. The number of hydrogen-bond donors (Lipinski definition) is 3. The summed E-state index contributed by atoms with van der Waals surface area (Å²) < 4.78 is 11.5. The molecule has 66 heavy (non-hydrogen) atoms. The van der Waals surface area contributed by atoms with Crippen LogP contribution >= 0.6 is 12.6 Å². The maximum absolute atomic E-state index is 13.9.